The number of nitrogens with zero attached hydrogens (tertiary/aromatic N) is 2. The van der Waals surface area contributed by atoms with Crippen LogP contribution in [0.25, 0.3) is 11.0 Å². The Morgan fingerprint density at radius 2 is 1.89 bits per heavy atom. The summed E-state index contributed by atoms with van der Waals surface area (Å²) in [6.07, 6.45) is 1.66. The van der Waals surface area contributed by atoms with Crippen LogP contribution in [-0.2, 0) is 0 Å². The number of benzene rings is 2. The molecule has 0 aliphatic heterocycles. The van der Waals surface area contributed by atoms with E-state index >= 15 is 0 Å². The first-order chi connectivity index (χ1) is 9.31. The standard InChI is InChI=1S/C14H12N4O/c19-11-7-5-10(6-8-11)9-15-18-14-16-12-3-1-2-4-13(12)17-14/h1-9,19H,(H2,16,17,18)/b15-9-. The van der Waals surface area contributed by atoms with Crippen molar-refractivity contribution in [1.82, 2.24) is 9.97 Å². The van der Waals surface area contributed by atoms with Crippen molar-refractivity contribution < 1.29 is 5.11 Å². The van der Waals surface area contributed by atoms with Crippen LogP contribution in [0.2, 0.25) is 0 Å². The van der Waals surface area contributed by atoms with Crippen LogP contribution in [0.15, 0.2) is 53.6 Å². The molecule has 5 heteroatoms. The fourth-order valence-corrected chi connectivity index (χ4v) is 1.73. The third-order valence-corrected chi connectivity index (χ3v) is 2.67. The van der Waals surface area contributed by atoms with Crippen LogP contribution in [0.4, 0.5) is 5.95 Å². The predicted molar refractivity (Wildman–Crippen MR) is 75.4 cm³/mol. The molecule has 0 aliphatic rings. The Bertz CT molecular complexity index is 683. The molecule has 2 aromatic carbocycles. The number of aromatic amines is 1. The van der Waals surface area contributed by atoms with Crippen LogP contribution in [0, 0.1) is 0 Å². The minimum absolute atomic E-state index is 0.238. The first kappa shape index (κ1) is 11.3. The van der Waals surface area contributed by atoms with Crippen LogP contribution < -0.4 is 5.43 Å². The third kappa shape index (κ3) is 2.55. The Morgan fingerprint density at radius 3 is 2.68 bits per heavy atom. The van der Waals surface area contributed by atoms with Gasteiger partial charge in [-0.25, -0.2) is 10.4 Å². The lowest BCUT2D eigenvalue weighted by atomic mass is 10.2. The Morgan fingerprint density at radius 1 is 1.11 bits per heavy atom. The molecule has 0 atom stereocenters. The second-order valence-electron chi connectivity index (χ2n) is 4.06. The van der Waals surface area contributed by atoms with Gasteiger partial charge in [-0.05, 0) is 42.0 Å². The van der Waals surface area contributed by atoms with Crippen molar-refractivity contribution in [2.75, 3.05) is 5.43 Å². The van der Waals surface area contributed by atoms with Gasteiger partial charge in [0, 0.05) is 0 Å². The molecule has 19 heavy (non-hydrogen) atoms. The van der Waals surface area contributed by atoms with Crippen LogP contribution in [-0.4, -0.2) is 21.3 Å². The van der Waals surface area contributed by atoms with E-state index in [9.17, 15) is 0 Å². The van der Waals surface area contributed by atoms with E-state index in [0.717, 1.165) is 16.6 Å². The number of phenolic OH excluding ortho intramolecular Hbond substituents is 1. The number of para-hydroxylation sites is 2. The summed E-state index contributed by atoms with van der Waals surface area (Å²) in [5.41, 5.74) is 5.58. The van der Waals surface area contributed by atoms with Gasteiger partial charge >= 0.3 is 0 Å². The zero-order chi connectivity index (χ0) is 13.1. The van der Waals surface area contributed by atoms with Crippen molar-refractivity contribution in [3.63, 3.8) is 0 Å². The Balaban J connectivity index is 1.73. The number of fused-ring (bicyclic) bond motifs is 1. The maximum Gasteiger partial charge on any atom is 0.222 e. The van der Waals surface area contributed by atoms with E-state index in [1.807, 2.05) is 24.3 Å². The Kier molecular flexibility index (Phi) is 2.86. The summed E-state index contributed by atoms with van der Waals surface area (Å²) in [6.45, 7) is 0. The summed E-state index contributed by atoms with van der Waals surface area (Å²) >= 11 is 0. The summed E-state index contributed by atoms with van der Waals surface area (Å²) in [5, 5.41) is 13.3. The van der Waals surface area contributed by atoms with Crippen molar-refractivity contribution in [2.24, 2.45) is 5.10 Å². The number of phenols is 1. The smallest absolute Gasteiger partial charge is 0.222 e. The van der Waals surface area contributed by atoms with Crippen molar-refractivity contribution in [2.45, 2.75) is 0 Å². The number of H-pyrrole nitrogens is 1. The summed E-state index contributed by atoms with van der Waals surface area (Å²) in [7, 11) is 0. The maximum absolute atomic E-state index is 9.17. The van der Waals surface area contributed by atoms with Crippen LogP contribution in [0.5, 0.6) is 5.75 Å². The molecule has 0 spiro atoms. The summed E-state index contributed by atoms with van der Waals surface area (Å²) in [5.74, 6) is 0.832. The fourth-order valence-electron chi connectivity index (χ4n) is 1.73. The van der Waals surface area contributed by atoms with E-state index in [1.54, 1.807) is 30.5 Å². The molecule has 0 unspecified atom stereocenters. The number of hydrogen-bond acceptors (Lipinski definition) is 4. The van der Waals surface area contributed by atoms with E-state index in [2.05, 4.69) is 20.5 Å². The molecule has 3 rings (SSSR count). The minimum atomic E-state index is 0.238. The number of anilines is 1. The lowest BCUT2D eigenvalue weighted by Gasteiger charge is -1.95. The SMILES string of the molecule is Oc1ccc(/C=N\Nc2nc3ccccc3[nH]2)cc1. The molecule has 0 aliphatic carbocycles. The van der Waals surface area contributed by atoms with Crippen molar-refractivity contribution >= 4 is 23.2 Å². The van der Waals surface area contributed by atoms with E-state index in [4.69, 9.17) is 5.11 Å². The molecular formula is C14H12N4O. The molecule has 0 saturated carbocycles. The van der Waals surface area contributed by atoms with Gasteiger partial charge in [-0.3, -0.25) is 0 Å². The molecular weight excluding hydrogens is 240 g/mol. The average Bonchev–Trinajstić information content (AvgIpc) is 2.83. The van der Waals surface area contributed by atoms with Crippen molar-refractivity contribution in [3.8, 4) is 5.75 Å². The minimum Gasteiger partial charge on any atom is -0.508 e. The second-order valence-corrected chi connectivity index (χ2v) is 4.06. The topological polar surface area (TPSA) is 73.3 Å². The lowest BCUT2D eigenvalue weighted by Crippen LogP contribution is -1.91. The molecule has 0 radical (unpaired) electrons. The average molecular weight is 252 g/mol. The van der Waals surface area contributed by atoms with Crippen LogP contribution >= 0.6 is 0 Å². The summed E-state index contributed by atoms with van der Waals surface area (Å²) in [6, 6.07) is 14.6. The highest BCUT2D eigenvalue weighted by Crippen LogP contribution is 2.13. The molecule has 5 nitrogen and oxygen atoms in total. The van der Waals surface area contributed by atoms with E-state index in [0.29, 0.717) is 5.95 Å². The van der Waals surface area contributed by atoms with Gasteiger partial charge in [0.1, 0.15) is 5.75 Å². The number of aromatic nitrogens is 2. The number of nitrogens with one attached hydrogen (secondary N) is 2. The van der Waals surface area contributed by atoms with Gasteiger partial charge in [-0.1, -0.05) is 12.1 Å². The highest BCUT2D eigenvalue weighted by atomic mass is 16.3. The second kappa shape index (κ2) is 4.81. The molecule has 0 bridgehead atoms. The van der Waals surface area contributed by atoms with E-state index in [1.165, 1.54) is 0 Å². The Labute approximate surface area is 109 Å². The fraction of sp³-hybridized carbons (Fsp3) is 0. The zero-order valence-electron chi connectivity index (χ0n) is 10.0. The maximum atomic E-state index is 9.17. The first-order valence-corrected chi connectivity index (χ1v) is 5.84. The molecule has 1 heterocycles. The highest BCUT2D eigenvalue weighted by Gasteiger charge is 1.99. The third-order valence-electron chi connectivity index (χ3n) is 2.67. The molecule has 0 fully saturated rings. The van der Waals surface area contributed by atoms with Gasteiger partial charge in [0.15, 0.2) is 0 Å². The molecule has 1 aromatic heterocycles. The van der Waals surface area contributed by atoms with Gasteiger partial charge in [0.25, 0.3) is 0 Å². The number of hydrogen-bond donors (Lipinski definition) is 3. The normalized spacial score (nSPS) is 11.2. The zero-order valence-corrected chi connectivity index (χ0v) is 10.0. The molecule has 0 saturated heterocycles. The van der Waals surface area contributed by atoms with Gasteiger partial charge in [0.05, 0.1) is 17.2 Å². The van der Waals surface area contributed by atoms with E-state index in [-0.39, 0.29) is 5.75 Å². The molecule has 3 aromatic rings. The lowest BCUT2D eigenvalue weighted by molar-refractivity contribution is 0.475. The molecule has 3 N–H and O–H groups in total. The van der Waals surface area contributed by atoms with Gasteiger partial charge in [0.2, 0.25) is 5.95 Å². The first-order valence-electron chi connectivity index (χ1n) is 5.84. The van der Waals surface area contributed by atoms with E-state index < -0.39 is 0 Å². The van der Waals surface area contributed by atoms with Gasteiger partial charge < -0.3 is 10.1 Å². The van der Waals surface area contributed by atoms with Gasteiger partial charge in [-0.2, -0.15) is 5.10 Å². The predicted octanol–water partition coefficient (Wildman–Crippen LogP) is 2.71. The number of hydrazone groups is 1. The molecule has 94 valence electrons. The van der Waals surface area contributed by atoms with Crippen molar-refractivity contribution in [1.29, 1.82) is 0 Å². The number of aromatic hydroxyl groups is 1. The van der Waals surface area contributed by atoms with Crippen LogP contribution in [0.1, 0.15) is 5.56 Å². The largest absolute Gasteiger partial charge is 0.508 e. The van der Waals surface area contributed by atoms with Crippen molar-refractivity contribution in [3.05, 3.63) is 54.1 Å². The molecule has 0 amide bonds. The van der Waals surface area contributed by atoms with Crippen LogP contribution in [0.3, 0.4) is 0 Å². The Hall–Kier alpha value is -2.82. The highest BCUT2D eigenvalue weighted by molar-refractivity contribution is 5.81. The quantitative estimate of drug-likeness (QED) is 0.495. The van der Waals surface area contributed by atoms with Gasteiger partial charge in [-0.15, -0.1) is 0 Å². The summed E-state index contributed by atoms with van der Waals surface area (Å²) < 4.78 is 0. The monoisotopic (exact) mass is 252 g/mol. The number of rotatable bonds is 3. The number of imidazole rings is 1. The summed E-state index contributed by atoms with van der Waals surface area (Å²) in [4.78, 5) is 7.45.